The maximum Gasteiger partial charge on any atom is 0.255 e. The van der Waals surface area contributed by atoms with Crippen LogP contribution in [-0.2, 0) is 6.42 Å². The molecule has 2 aromatic rings. The highest BCUT2D eigenvalue weighted by atomic mass is 16.2. The molecule has 1 atom stereocenters. The standard InChI is InChI=1S/C16H20N6O/c1-17-15-14(18-6-7-19-15)9-12-3-2-8-22(11-12)16(23)13-4-5-20-21-10-13/h4-7,10,12H,2-3,8-9,11H2,1H3,(H,17,19). The van der Waals surface area contributed by atoms with Crippen LogP contribution in [0.3, 0.4) is 0 Å². The van der Waals surface area contributed by atoms with Crippen LogP contribution >= 0.6 is 0 Å². The van der Waals surface area contributed by atoms with E-state index in [9.17, 15) is 4.79 Å². The smallest absolute Gasteiger partial charge is 0.255 e. The summed E-state index contributed by atoms with van der Waals surface area (Å²) >= 11 is 0. The van der Waals surface area contributed by atoms with Crippen LogP contribution in [0.25, 0.3) is 0 Å². The number of hydrogen-bond acceptors (Lipinski definition) is 6. The normalized spacial score (nSPS) is 17.8. The van der Waals surface area contributed by atoms with E-state index in [0.717, 1.165) is 43.9 Å². The Hall–Kier alpha value is -2.57. The molecule has 3 heterocycles. The molecule has 0 bridgehead atoms. The van der Waals surface area contributed by atoms with Gasteiger partial charge in [-0.1, -0.05) is 0 Å². The molecule has 0 spiro atoms. The van der Waals surface area contributed by atoms with Crippen molar-refractivity contribution >= 4 is 11.7 Å². The van der Waals surface area contributed by atoms with Gasteiger partial charge in [-0.15, -0.1) is 0 Å². The van der Waals surface area contributed by atoms with Crippen LogP contribution in [0.5, 0.6) is 0 Å². The van der Waals surface area contributed by atoms with Crippen LogP contribution in [0, 0.1) is 5.92 Å². The van der Waals surface area contributed by atoms with E-state index in [1.807, 2.05) is 11.9 Å². The van der Waals surface area contributed by atoms with Crippen LogP contribution in [0.2, 0.25) is 0 Å². The fourth-order valence-electron chi connectivity index (χ4n) is 3.01. The zero-order chi connectivity index (χ0) is 16.1. The molecule has 1 aliphatic heterocycles. The zero-order valence-electron chi connectivity index (χ0n) is 13.1. The Bertz CT molecular complexity index is 663. The summed E-state index contributed by atoms with van der Waals surface area (Å²) in [6.07, 6.45) is 9.39. The molecule has 1 aliphatic rings. The summed E-state index contributed by atoms with van der Waals surface area (Å²) in [5.74, 6) is 1.23. The Balaban J connectivity index is 1.68. The van der Waals surface area contributed by atoms with Crippen molar-refractivity contribution < 1.29 is 4.79 Å². The van der Waals surface area contributed by atoms with E-state index in [-0.39, 0.29) is 5.91 Å². The number of rotatable bonds is 4. The first-order valence-electron chi connectivity index (χ1n) is 7.81. The number of amides is 1. The molecule has 2 aromatic heterocycles. The van der Waals surface area contributed by atoms with Crippen molar-refractivity contribution in [2.45, 2.75) is 19.3 Å². The summed E-state index contributed by atoms with van der Waals surface area (Å²) in [6.45, 7) is 1.53. The topological polar surface area (TPSA) is 83.9 Å². The zero-order valence-corrected chi connectivity index (χ0v) is 13.1. The fraction of sp³-hybridized carbons (Fsp3) is 0.438. The molecule has 3 rings (SSSR count). The van der Waals surface area contributed by atoms with E-state index in [4.69, 9.17) is 0 Å². The highest BCUT2D eigenvalue weighted by Crippen LogP contribution is 2.23. The van der Waals surface area contributed by atoms with Crippen molar-refractivity contribution in [3.05, 3.63) is 42.1 Å². The Morgan fingerprint density at radius 1 is 1.30 bits per heavy atom. The second kappa shape index (κ2) is 7.13. The molecule has 0 saturated carbocycles. The van der Waals surface area contributed by atoms with Gasteiger partial charge in [-0.25, -0.2) is 4.98 Å². The molecule has 0 aliphatic carbocycles. The highest BCUT2D eigenvalue weighted by molar-refractivity contribution is 5.93. The van der Waals surface area contributed by atoms with Crippen LogP contribution in [0.1, 0.15) is 28.9 Å². The van der Waals surface area contributed by atoms with Gasteiger partial charge in [-0.2, -0.15) is 10.2 Å². The van der Waals surface area contributed by atoms with Gasteiger partial charge in [0.1, 0.15) is 5.82 Å². The van der Waals surface area contributed by atoms with E-state index in [0.29, 0.717) is 11.5 Å². The summed E-state index contributed by atoms with van der Waals surface area (Å²) in [6, 6.07) is 1.71. The summed E-state index contributed by atoms with van der Waals surface area (Å²) in [5, 5.41) is 10.6. The van der Waals surface area contributed by atoms with Crippen molar-refractivity contribution in [2.75, 3.05) is 25.5 Å². The largest absolute Gasteiger partial charge is 0.372 e. The minimum absolute atomic E-state index is 0.0255. The third kappa shape index (κ3) is 3.61. The second-order valence-electron chi connectivity index (χ2n) is 5.70. The molecule has 1 amide bonds. The van der Waals surface area contributed by atoms with E-state index < -0.39 is 0 Å². The Labute approximate surface area is 135 Å². The predicted octanol–water partition coefficient (Wildman–Crippen LogP) is 1.40. The van der Waals surface area contributed by atoms with E-state index in [1.54, 1.807) is 24.7 Å². The Morgan fingerprint density at radius 2 is 2.17 bits per heavy atom. The van der Waals surface area contributed by atoms with Crippen molar-refractivity contribution in [1.29, 1.82) is 0 Å². The number of aromatic nitrogens is 4. The third-order valence-corrected chi connectivity index (χ3v) is 4.13. The SMILES string of the molecule is CNc1nccnc1CC1CCCN(C(=O)c2ccnnc2)C1. The maximum atomic E-state index is 12.5. The molecule has 0 aromatic carbocycles. The lowest BCUT2D eigenvalue weighted by molar-refractivity contribution is 0.0672. The lowest BCUT2D eigenvalue weighted by atomic mass is 9.93. The number of hydrogen-bond donors (Lipinski definition) is 1. The van der Waals surface area contributed by atoms with Crippen LogP contribution in [-0.4, -0.2) is 51.1 Å². The van der Waals surface area contributed by atoms with Crippen LogP contribution in [0.15, 0.2) is 30.9 Å². The average molecular weight is 312 g/mol. The van der Waals surface area contributed by atoms with Gasteiger partial charge in [0.15, 0.2) is 0 Å². The van der Waals surface area contributed by atoms with Crippen molar-refractivity contribution in [3.63, 3.8) is 0 Å². The number of nitrogens with one attached hydrogen (secondary N) is 1. The summed E-state index contributed by atoms with van der Waals surface area (Å²) in [4.78, 5) is 23.2. The molecule has 0 radical (unpaired) electrons. The first kappa shape index (κ1) is 15.3. The number of likely N-dealkylation sites (tertiary alicyclic amines) is 1. The summed E-state index contributed by atoms with van der Waals surface area (Å²) in [5.41, 5.74) is 1.55. The molecule has 120 valence electrons. The van der Waals surface area contributed by atoms with Gasteiger partial charge in [0.25, 0.3) is 5.91 Å². The van der Waals surface area contributed by atoms with Gasteiger partial charge in [0.05, 0.1) is 23.7 Å². The first-order valence-corrected chi connectivity index (χ1v) is 7.81. The van der Waals surface area contributed by atoms with Gasteiger partial charge >= 0.3 is 0 Å². The quantitative estimate of drug-likeness (QED) is 0.919. The average Bonchev–Trinajstić information content (AvgIpc) is 2.62. The first-order chi connectivity index (χ1) is 11.3. The number of carbonyl (C=O) groups excluding carboxylic acids is 1. The number of nitrogens with zero attached hydrogens (tertiary/aromatic N) is 5. The maximum absolute atomic E-state index is 12.5. The third-order valence-electron chi connectivity index (χ3n) is 4.13. The summed E-state index contributed by atoms with van der Waals surface area (Å²) in [7, 11) is 1.85. The number of carbonyl (C=O) groups is 1. The fourth-order valence-corrected chi connectivity index (χ4v) is 3.01. The molecule has 7 nitrogen and oxygen atoms in total. The van der Waals surface area contributed by atoms with Gasteiger partial charge in [0.2, 0.25) is 0 Å². The Kier molecular flexibility index (Phi) is 4.75. The van der Waals surface area contributed by atoms with Gasteiger partial charge in [-0.3, -0.25) is 9.78 Å². The molecule has 1 saturated heterocycles. The van der Waals surface area contributed by atoms with Gasteiger partial charge in [0, 0.05) is 32.5 Å². The lowest BCUT2D eigenvalue weighted by Gasteiger charge is -2.32. The van der Waals surface area contributed by atoms with Crippen molar-refractivity contribution in [1.82, 2.24) is 25.1 Å². The second-order valence-corrected chi connectivity index (χ2v) is 5.70. The molecule has 7 heteroatoms. The van der Waals surface area contributed by atoms with E-state index >= 15 is 0 Å². The minimum atomic E-state index is 0.0255. The van der Waals surface area contributed by atoms with Gasteiger partial charge in [-0.05, 0) is 31.2 Å². The van der Waals surface area contributed by atoms with Crippen LogP contribution < -0.4 is 5.32 Å². The summed E-state index contributed by atoms with van der Waals surface area (Å²) < 4.78 is 0. The van der Waals surface area contributed by atoms with Crippen molar-refractivity contribution in [2.24, 2.45) is 5.92 Å². The van der Waals surface area contributed by atoms with Crippen molar-refractivity contribution in [3.8, 4) is 0 Å². The molecule has 1 fully saturated rings. The molecule has 23 heavy (non-hydrogen) atoms. The minimum Gasteiger partial charge on any atom is -0.372 e. The number of anilines is 1. The molecular weight excluding hydrogens is 292 g/mol. The molecule has 1 N–H and O–H groups in total. The Morgan fingerprint density at radius 3 is 2.96 bits per heavy atom. The molecule has 1 unspecified atom stereocenters. The lowest BCUT2D eigenvalue weighted by Crippen LogP contribution is -2.40. The predicted molar refractivity (Wildman–Crippen MR) is 85.9 cm³/mol. The highest BCUT2D eigenvalue weighted by Gasteiger charge is 2.25. The van der Waals surface area contributed by atoms with E-state index in [1.165, 1.54) is 6.20 Å². The molecular formula is C16H20N6O. The van der Waals surface area contributed by atoms with Gasteiger partial charge < -0.3 is 10.2 Å². The van der Waals surface area contributed by atoms with Crippen LogP contribution in [0.4, 0.5) is 5.82 Å². The monoisotopic (exact) mass is 312 g/mol. The number of piperidine rings is 1. The van der Waals surface area contributed by atoms with E-state index in [2.05, 4.69) is 25.5 Å².